The van der Waals surface area contributed by atoms with Crippen molar-refractivity contribution in [2.45, 2.75) is 82.0 Å². The predicted octanol–water partition coefficient (Wildman–Crippen LogP) is 10.9. The minimum Gasteiger partial charge on any atom is -0.506 e. The van der Waals surface area contributed by atoms with Crippen LogP contribution in [0.15, 0.2) is 108 Å². The molecule has 0 aliphatic carbocycles. The third kappa shape index (κ3) is 11.0. The Balaban J connectivity index is 1.22. The number of tetrazole rings is 1. The van der Waals surface area contributed by atoms with Crippen LogP contribution in [0.1, 0.15) is 87.1 Å². The molecule has 0 bridgehead atoms. The molecule has 6 rings (SSSR count). The van der Waals surface area contributed by atoms with E-state index < -0.39 is 16.9 Å². The molecule has 0 spiro atoms. The van der Waals surface area contributed by atoms with Crippen molar-refractivity contribution < 1.29 is 29.1 Å². The number of fused-ring (bicyclic) bond motifs is 1. The van der Waals surface area contributed by atoms with E-state index >= 15 is 0 Å². The summed E-state index contributed by atoms with van der Waals surface area (Å²) in [6.45, 7) is 2.46. The number of nitrogens with one attached hydrogen (secondary N) is 1. The molecule has 0 atom stereocenters. The maximum Gasteiger partial charge on any atom is 0.420 e. The molecule has 0 unspecified atom stereocenters. The van der Waals surface area contributed by atoms with E-state index in [0.717, 1.165) is 31.4 Å². The third-order valence-electron chi connectivity index (χ3n) is 10.1. The molecule has 0 saturated heterocycles. The summed E-state index contributed by atoms with van der Waals surface area (Å²) in [4.78, 5) is 40.8. The van der Waals surface area contributed by atoms with E-state index in [2.05, 4.69) is 27.8 Å². The lowest BCUT2D eigenvalue weighted by Crippen LogP contribution is -2.34. The second kappa shape index (κ2) is 21.5. The van der Waals surface area contributed by atoms with Gasteiger partial charge < -0.3 is 19.9 Å². The number of phenols is 1. The summed E-state index contributed by atoms with van der Waals surface area (Å²) in [5, 5.41) is 39.9. The van der Waals surface area contributed by atoms with Crippen LogP contribution >= 0.6 is 11.8 Å². The lowest BCUT2D eigenvalue weighted by atomic mass is 10.0. The Hall–Kier alpha value is -6.48. The molecule has 2 amide bonds. The van der Waals surface area contributed by atoms with Crippen LogP contribution in [0.5, 0.6) is 17.2 Å². The van der Waals surface area contributed by atoms with Crippen molar-refractivity contribution in [1.29, 1.82) is 0 Å². The van der Waals surface area contributed by atoms with E-state index in [0.29, 0.717) is 50.8 Å². The summed E-state index contributed by atoms with van der Waals surface area (Å²) in [5.74, 6) is -0.249. The lowest BCUT2D eigenvalue weighted by molar-refractivity contribution is -0.385. The number of anilines is 2. The number of para-hydroxylation sites is 3. The number of hydrogen-bond acceptors (Lipinski definition) is 11. The summed E-state index contributed by atoms with van der Waals surface area (Å²) >= 11 is 1.31. The van der Waals surface area contributed by atoms with Crippen LogP contribution in [0.4, 0.5) is 21.9 Å². The van der Waals surface area contributed by atoms with Gasteiger partial charge in [0.05, 0.1) is 34.7 Å². The normalized spacial score (nSPS) is 11.0. The van der Waals surface area contributed by atoms with Crippen molar-refractivity contribution in [1.82, 2.24) is 20.2 Å². The largest absolute Gasteiger partial charge is 0.506 e. The van der Waals surface area contributed by atoms with Gasteiger partial charge in [0.15, 0.2) is 0 Å². The second-order valence-electron chi connectivity index (χ2n) is 14.2. The van der Waals surface area contributed by atoms with Crippen molar-refractivity contribution in [3.63, 3.8) is 0 Å². The van der Waals surface area contributed by atoms with Gasteiger partial charge in [-0.05, 0) is 64.9 Å². The number of methoxy groups -OCH3 is 1. The first-order valence-electron chi connectivity index (χ1n) is 20.2. The number of benzene rings is 5. The average Bonchev–Trinajstić information content (AvgIpc) is 3.74. The first-order valence-corrected chi connectivity index (χ1v) is 21.2. The standard InChI is InChI=1S/C45H49N7O7S/c1-3-4-5-6-7-8-9-10-11-17-29-50(38-23-18-21-35-34(38)26-27-36(42(35)53)43(54)46-37-22-15-16-24-40(37)58-2)45(55)59-41-28-25-32(30-39(41)52(56)57)31-60-44-47-48-49-51(44)33-19-13-12-14-20-33/h12-16,18-28,30,53H,3-11,17,29,31H2,1-2H3,(H,46,54). The van der Waals surface area contributed by atoms with Gasteiger partial charge in [-0.25, -0.2) is 4.79 Å². The van der Waals surface area contributed by atoms with Crippen molar-refractivity contribution in [3.05, 3.63) is 124 Å². The smallest absolute Gasteiger partial charge is 0.420 e. The Morgan fingerprint density at radius 3 is 2.28 bits per heavy atom. The number of amides is 2. The fourth-order valence-electron chi connectivity index (χ4n) is 6.93. The van der Waals surface area contributed by atoms with Crippen molar-refractivity contribution in [2.75, 3.05) is 23.9 Å². The maximum atomic E-state index is 14.2. The highest BCUT2D eigenvalue weighted by atomic mass is 32.2. The minimum absolute atomic E-state index is 0.0276. The topological polar surface area (TPSA) is 175 Å². The molecule has 60 heavy (non-hydrogen) atoms. The van der Waals surface area contributed by atoms with Gasteiger partial charge in [-0.15, -0.1) is 5.10 Å². The third-order valence-corrected chi connectivity index (χ3v) is 11.1. The maximum absolute atomic E-state index is 14.2. The Labute approximate surface area is 353 Å². The molecular weight excluding hydrogens is 783 g/mol. The molecule has 1 aromatic heterocycles. The fourth-order valence-corrected chi connectivity index (χ4v) is 7.76. The average molecular weight is 832 g/mol. The Morgan fingerprint density at radius 1 is 0.833 bits per heavy atom. The number of unbranched alkanes of at least 4 members (excludes halogenated alkanes) is 9. The van der Waals surface area contributed by atoms with Gasteiger partial charge in [0, 0.05) is 29.1 Å². The van der Waals surface area contributed by atoms with E-state index in [1.165, 1.54) is 74.1 Å². The monoisotopic (exact) mass is 831 g/mol. The number of aromatic nitrogens is 4. The second-order valence-corrected chi connectivity index (χ2v) is 15.2. The fraction of sp³-hybridized carbons (Fsp3) is 0.311. The van der Waals surface area contributed by atoms with Gasteiger partial charge >= 0.3 is 11.8 Å². The molecule has 5 aromatic carbocycles. The molecule has 2 N–H and O–H groups in total. The first-order chi connectivity index (χ1) is 29.3. The minimum atomic E-state index is -0.817. The summed E-state index contributed by atoms with van der Waals surface area (Å²) in [7, 11) is 1.50. The van der Waals surface area contributed by atoms with Gasteiger partial charge in [0.1, 0.15) is 11.5 Å². The predicted molar refractivity (Wildman–Crippen MR) is 234 cm³/mol. The lowest BCUT2D eigenvalue weighted by Gasteiger charge is -2.24. The highest BCUT2D eigenvalue weighted by Gasteiger charge is 2.26. The number of ether oxygens (including phenoxy) is 2. The molecule has 6 aromatic rings. The highest BCUT2D eigenvalue weighted by molar-refractivity contribution is 7.98. The summed E-state index contributed by atoms with van der Waals surface area (Å²) in [6.07, 6.45) is 10.1. The van der Waals surface area contributed by atoms with Crippen molar-refractivity contribution in [3.8, 4) is 22.9 Å². The number of nitro groups is 1. The number of rotatable bonds is 21. The van der Waals surface area contributed by atoms with Crippen LogP contribution in [0.3, 0.4) is 0 Å². The number of nitro benzene ring substituents is 1. The van der Waals surface area contributed by atoms with E-state index in [9.17, 15) is 24.8 Å². The number of thioether (sulfide) groups is 1. The zero-order valence-corrected chi connectivity index (χ0v) is 34.6. The van der Waals surface area contributed by atoms with E-state index in [1.807, 2.05) is 30.3 Å². The Bertz CT molecular complexity index is 2390. The van der Waals surface area contributed by atoms with E-state index in [4.69, 9.17) is 9.47 Å². The first kappa shape index (κ1) is 43.1. The van der Waals surface area contributed by atoms with Gasteiger partial charge in [0.2, 0.25) is 10.9 Å². The molecule has 0 aliphatic heterocycles. The molecule has 312 valence electrons. The molecule has 0 saturated carbocycles. The van der Waals surface area contributed by atoms with E-state index in [-0.39, 0.29) is 29.3 Å². The summed E-state index contributed by atoms with van der Waals surface area (Å²) in [6, 6.07) is 29.0. The van der Waals surface area contributed by atoms with Crippen LogP contribution in [0, 0.1) is 10.1 Å². The molecule has 0 radical (unpaired) electrons. The van der Waals surface area contributed by atoms with Gasteiger partial charge in [-0.1, -0.05) is 131 Å². The SMILES string of the molecule is CCCCCCCCCCCCN(C(=O)Oc1ccc(CSc2nnnn2-c2ccccc2)cc1[N+](=O)[O-])c1cccc2c(O)c(C(=O)Nc3ccccc3OC)ccc12. The quantitative estimate of drug-likeness (QED) is 0.0305. The van der Waals surface area contributed by atoms with Gasteiger partial charge in [-0.3, -0.25) is 19.8 Å². The highest BCUT2D eigenvalue weighted by Crippen LogP contribution is 2.37. The molecule has 0 aliphatic rings. The zero-order chi connectivity index (χ0) is 42.3. The number of nitrogens with zero attached hydrogens (tertiary/aromatic N) is 6. The molecule has 15 heteroatoms. The summed E-state index contributed by atoms with van der Waals surface area (Å²) < 4.78 is 12.8. The summed E-state index contributed by atoms with van der Waals surface area (Å²) in [5.41, 5.74) is 1.90. The van der Waals surface area contributed by atoms with Gasteiger partial charge in [0.25, 0.3) is 5.91 Å². The van der Waals surface area contributed by atoms with Crippen LogP contribution in [-0.4, -0.2) is 55.9 Å². The Kier molecular flexibility index (Phi) is 15.4. The van der Waals surface area contributed by atoms with E-state index in [1.54, 1.807) is 59.3 Å². The van der Waals surface area contributed by atoms with Crippen molar-refractivity contribution in [2.24, 2.45) is 0 Å². The van der Waals surface area contributed by atoms with Crippen LogP contribution in [0.25, 0.3) is 16.5 Å². The molecule has 1 heterocycles. The van der Waals surface area contributed by atoms with Crippen LogP contribution < -0.4 is 19.7 Å². The number of carbonyl (C=O) groups is 2. The van der Waals surface area contributed by atoms with Gasteiger partial charge in [-0.2, -0.15) is 4.68 Å². The molecular formula is C45H49N7O7S. The zero-order valence-electron chi connectivity index (χ0n) is 33.8. The number of aromatic hydroxyl groups is 1. The molecule has 14 nitrogen and oxygen atoms in total. The van der Waals surface area contributed by atoms with Crippen LogP contribution in [0.2, 0.25) is 0 Å². The number of phenolic OH excluding ortho intramolecular Hbond substituents is 1. The van der Waals surface area contributed by atoms with Crippen molar-refractivity contribution >= 4 is 51.6 Å². The Morgan fingerprint density at radius 2 is 1.55 bits per heavy atom. The van der Waals surface area contributed by atoms with Crippen LogP contribution in [-0.2, 0) is 5.75 Å². The number of hydrogen-bond donors (Lipinski definition) is 2. The number of carbonyl (C=O) groups excluding carboxylic acids is 2. The molecule has 0 fully saturated rings.